The fraction of sp³-hybridized carbons (Fsp3) is 0.500. The minimum absolute atomic E-state index is 0.208. The SMILES string of the molecule is CC1(C)CC1CNC(=O)c1cccc(=O)[nH]1. The monoisotopic (exact) mass is 220 g/mol. The predicted octanol–water partition coefficient (Wildman–Crippen LogP) is 1.15. The average Bonchev–Trinajstić information content (AvgIpc) is 2.83. The number of pyridine rings is 1. The lowest BCUT2D eigenvalue weighted by atomic mass is 10.1. The Hall–Kier alpha value is -1.58. The zero-order valence-electron chi connectivity index (χ0n) is 9.54. The van der Waals surface area contributed by atoms with Crippen molar-refractivity contribution >= 4 is 5.91 Å². The summed E-state index contributed by atoms with van der Waals surface area (Å²) >= 11 is 0. The van der Waals surface area contributed by atoms with Crippen molar-refractivity contribution in [1.29, 1.82) is 0 Å². The summed E-state index contributed by atoms with van der Waals surface area (Å²) in [5, 5.41) is 2.83. The Kier molecular flexibility index (Phi) is 2.58. The smallest absolute Gasteiger partial charge is 0.267 e. The number of carbonyl (C=O) groups excluding carboxylic acids is 1. The molecule has 1 aromatic rings. The molecule has 16 heavy (non-hydrogen) atoms. The largest absolute Gasteiger partial charge is 0.350 e. The normalized spacial score (nSPS) is 21.5. The summed E-state index contributed by atoms with van der Waals surface area (Å²) in [4.78, 5) is 25.2. The molecule has 86 valence electrons. The molecule has 0 radical (unpaired) electrons. The summed E-state index contributed by atoms with van der Waals surface area (Å²) in [6.07, 6.45) is 1.15. The summed E-state index contributed by atoms with van der Waals surface area (Å²) in [7, 11) is 0. The van der Waals surface area contributed by atoms with Crippen LogP contribution in [0.3, 0.4) is 0 Å². The predicted molar refractivity (Wildman–Crippen MR) is 61.3 cm³/mol. The topological polar surface area (TPSA) is 62.0 Å². The summed E-state index contributed by atoms with van der Waals surface area (Å²) < 4.78 is 0. The molecule has 2 rings (SSSR count). The van der Waals surface area contributed by atoms with E-state index in [1.54, 1.807) is 12.1 Å². The number of nitrogens with one attached hydrogen (secondary N) is 2. The molecule has 2 N–H and O–H groups in total. The third kappa shape index (κ3) is 2.32. The van der Waals surface area contributed by atoms with Crippen LogP contribution in [0.4, 0.5) is 0 Å². The van der Waals surface area contributed by atoms with E-state index in [0.29, 0.717) is 23.6 Å². The summed E-state index contributed by atoms with van der Waals surface area (Å²) in [5.41, 5.74) is 0.433. The standard InChI is InChI=1S/C12H16N2O2/c1-12(2)6-8(12)7-13-11(16)9-4-3-5-10(15)14-9/h3-5,8H,6-7H2,1-2H3,(H,13,16)(H,14,15). The van der Waals surface area contributed by atoms with Gasteiger partial charge in [-0.15, -0.1) is 0 Å². The van der Waals surface area contributed by atoms with Gasteiger partial charge in [0.25, 0.3) is 5.91 Å². The van der Waals surface area contributed by atoms with Gasteiger partial charge in [0, 0.05) is 12.6 Å². The van der Waals surface area contributed by atoms with Crippen molar-refractivity contribution in [3.8, 4) is 0 Å². The number of carbonyl (C=O) groups is 1. The number of amides is 1. The lowest BCUT2D eigenvalue weighted by Gasteiger charge is -2.06. The van der Waals surface area contributed by atoms with Crippen molar-refractivity contribution in [3.63, 3.8) is 0 Å². The maximum absolute atomic E-state index is 11.7. The van der Waals surface area contributed by atoms with Gasteiger partial charge in [-0.1, -0.05) is 19.9 Å². The minimum atomic E-state index is -0.251. The fourth-order valence-corrected chi connectivity index (χ4v) is 1.82. The molecule has 4 heteroatoms. The third-order valence-corrected chi connectivity index (χ3v) is 3.24. The lowest BCUT2D eigenvalue weighted by Crippen LogP contribution is -2.28. The molecule has 1 unspecified atom stereocenters. The van der Waals surface area contributed by atoms with Gasteiger partial charge in [0.05, 0.1) is 0 Å². The van der Waals surface area contributed by atoms with E-state index in [-0.39, 0.29) is 11.5 Å². The van der Waals surface area contributed by atoms with E-state index in [0.717, 1.165) is 6.42 Å². The highest BCUT2D eigenvalue weighted by molar-refractivity contribution is 5.92. The molecule has 0 aromatic carbocycles. The molecule has 0 spiro atoms. The Bertz CT molecular complexity index is 462. The minimum Gasteiger partial charge on any atom is -0.350 e. The van der Waals surface area contributed by atoms with Gasteiger partial charge >= 0.3 is 0 Å². The van der Waals surface area contributed by atoms with Crippen molar-refractivity contribution in [2.24, 2.45) is 11.3 Å². The van der Waals surface area contributed by atoms with Gasteiger partial charge in [0.15, 0.2) is 0 Å². The summed E-state index contributed by atoms with van der Waals surface area (Å²) in [6.45, 7) is 5.06. The van der Waals surface area contributed by atoms with E-state index in [2.05, 4.69) is 24.1 Å². The second-order valence-corrected chi connectivity index (χ2v) is 5.03. The van der Waals surface area contributed by atoms with Crippen molar-refractivity contribution in [1.82, 2.24) is 10.3 Å². The second-order valence-electron chi connectivity index (χ2n) is 5.03. The van der Waals surface area contributed by atoms with Crippen LogP contribution in [0, 0.1) is 11.3 Å². The summed E-state index contributed by atoms with van der Waals surface area (Å²) in [5.74, 6) is 0.354. The average molecular weight is 220 g/mol. The first-order chi connectivity index (χ1) is 7.49. The molecule has 1 heterocycles. The number of rotatable bonds is 3. The molecule has 1 amide bonds. The van der Waals surface area contributed by atoms with Crippen LogP contribution in [-0.2, 0) is 0 Å². The highest BCUT2D eigenvalue weighted by Crippen LogP contribution is 2.50. The molecule has 1 fully saturated rings. The zero-order chi connectivity index (χ0) is 11.8. The first-order valence-electron chi connectivity index (χ1n) is 5.46. The molecule has 1 aliphatic rings. The lowest BCUT2D eigenvalue weighted by molar-refractivity contribution is 0.0945. The molecule has 1 saturated carbocycles. The Morgan fingerprint density at radius 3 is 2.81 bits per heavy atom. The highest BCUT2D eigenvalue weighted by Gasteiger charge is 2.45. The van der Waals surface area contributed by atoms with Crippen LogP contribution in [0.1, 0.15) is 30.8 Å². The van der Waals surface area contributed by atoms with E-state index in [1.807, 2.05) is 0 Å². The van der Waals surface area contributed by atoms with Crippen LogP contribution >= 0.6 is 0 Å². The second kappa shape index (κ2) is 3.77. The molecule has 4 nitrogen and oxygen atoms in total. The number of hydrogen-bond donors (Lipinski definition) is 2. The van der Waals surface area contributed by atoms with Crippen LogP contribution in [0.2, 0.25) is 0 Å². The van der Waals surface area contributed by atoms with Gasteiger partial charge in [-0.05, 0) is 23.8 Å². The van der Waals surface area contributed by atoms with Gasteiger partial charge < -0.3 is 10.3 Å². The van der Waals surface area contributed by atoms with Crippen LogP contribution < -0.4 is 10.9 Å². The summed E-state index contributed by atoms with van der Waals surface area (Å²) in [6, 6.07) is 4.57. The number of H-pyrrole nitrogens is 1. The van der Waals surface area contributed by atoms with E-state index in [9.17, 15) is 9.59 Å². The van der Waals surface area contributed by atoms with E-state index >= 15 is 0 Å². The Balaban J connectivity index is 1.92. The van der Waals surface area contributed by atoms with E-state index in [4.69, 9.17) is 0 Å². The Morgan fingerprint density at radius 2 is 2.25 bits per heavy atom. The van der Waals surface area contributed by atoms with Crippen molar-refractivity contribution in [3.05, 3.63) is 34.2 Å². The van der Waals surface area contributed by atoms with Gasteiger partial charge in [-0.3, -0.25) is 9.59 Å². The van der Waals surface area contributed by atoms with Crippen molar-refractivity contribution in [2.75, 3.05) is 6.54 Å². The van der Waals surface area contributed by atoms with Gasteiger partial charge in [-0.25, -0.2) is 0 Å². The number of aromatic amines is 1. The van der Waals surface area contributed by atoms with Gasteiger partial charge in [0.1, 0.15) is 5.69 Å². The number of aromatic nitrogens is 1. The number of hydrogen-bond acceptors (Lipinski definition) is 2. The van der Waals surface area contributed by atoms with E-state index in [1.165, 1.54) is 6.07 Å². The highest BCUT2D eigenvalue weighted by atomic mass is 16.2. The van der Waals surface area contributed by atoms with Crippen molar-refractivity contribution in [2.45, 2.75) is 20.3 Å². The van der Waals surface area contributed by atoms with Gasteiger partial charge in [0.2, 0.25) is 5.56 Å². The maximum atomic E-state index is 11.7. The van der Waals surface area contributed by atoms with Crippen LogP contribution in [0.15, 0.2) is 23.0 Å². The molecule has 1 atom stereocenters. The van der Waals surface area contributed by atoms with Crippen LogP contribution in [-0.4, -0.2) is 17.4 Å². The Labute approximate surface area is 94.1 Å². The molecule has 0 bridgehead atoms. The molecular weight excluding hydrogens is 204 g/mol. The van der Waals surface area contributed by atoms with Gasteiger partial charge in [-0.2, -0.15) is 0 Å². The molecular formula is C12H16N2O2. The zero-order valence-corrected chi connectivity index (χ0v) is 9.54. The maximum Gasteiger partial charge on any atom is 0.267 e. The van der Waals surface area contributed by atoms with Crippen molar-refractivity contribution < 1.29 is 4.79 Å². The molecule has 1 aliphatic carbocycles. The van der Waals surface area contributed by atoms with E-state index < -0.39 is 0 Å². The van der Waals surface area contributed by atoms with Crippen LogP contribution in [0.5, 0.6) is 0 Å². The Morgan fingerprint density at radius 1 is 1.56 bits per heavy atom. The molecule has 0 aliphatic heterocycles. The first-order valence-corrected chi connectivity index (χ1v) is 5.46. The third-order valence-electron chi connectivity index (χ3n) is 3.24. The first kappa shape index (κ1) is 10.9. The fourth-order valence-electron chi connectivity index (χ4n) is 1.82. The molecule has 1 aromatic heterocycles. The molecule has 0 saturated heterocycles. The quantitative estimate of drug-likeness (QED) is 0.802. The van der Waals surface area contributed by atoms with Crippen LogP contribution in [0.25, 0.3) is 0 Å².